The van der Waals surface area contributed by atoms with Crippen molar-refractivity contribution in [3.63, 3.8) is 0 Å². The van der Waals surface area contributed by atoms with Gasteiger partial charge in [0, 0.05) is 18.3 Å². The van der Waals surface area contributed by atoms with Crippen LogP contribution in [0.25, 0.3) is 0 Å². The lowest BCUT2D eigenvalue weighted by atomic mass is 9.79. The lowest BCUT2D eigenvalue weighted by Crippen LogP contribution is -2.44. The van der Waals surface area contributed by atoms with Crippen LogP contribution in [0, 0.1) is 6.92 Å². The van der Waals surface area contributed by atoms with Gasteiger partial charge < -0.3 is 15.0 Å². The zero-order valence-corrected chi connectivity index (χ0v) is 17.1. The number of anilines is 1. The van der Waals surface area contributed by atoms with Crippen LogP contribution in [0.4, 0.5) is 5.82 Å². The second-order valence-electron chi connectivity index (χ2n) is 7.35. The largest absolute Gasteiger partial charge is 0.497 e. The summed E-state index contributed by atoms with van der Waals surface area (Å²) in [7, 11) is 3.34. The zero-order chi connectivity index (χ0) is 21.3. The van der Waals surface area contributed by atoms with Crippen molar-refractivity contribution < 1.29 is 14.3 Å². The molecule has 0 fully saturated rings. The molecule has 1 aromatic heterocycles. The van der Waals surface area contributed by atoms with E-state index in [1.807, 2.05) is 61.5 Å². The topological polar surface area (TPSA) is 71.5 Å². The summed E-state index contributed by atoms with van der Waals surface area (Å²) in [5.74, 6) is 0.309. The molecule has 0 bridgehead atoms. The van der Waals surface area contributed by atoms with Crippen molar-refractivity contribution in [1.82, 2.24) is 9.88 Å². The molecule has 6 heteroatoms. The van der Waals surface area contributed by atoms with Gasteiger partial charge in [0.1, 0.15) is 11.6 Å². The van der Waals surface area contributed by atoms with E-state index in [1.165, 1.54) is 0 Å². The lowest BCUT2D eigenvalue weighted by molar-refractivity contribution is -0.119. The van der Waals surface area contributed by atoms with Crippen molar-refractivity contribution in [2.24, 2.45) is 0 Å². The smallest absolute Gasteiger partial charge is 0.254 e. The number of aromatic nitrogens is 1. The normalized spacial score (nSPS) is 18.0. The van der Waals surface area contributed by atoms with Gasteiger partial charge in [-0.2, -0.15) is 0 Å². The number of fused-ring (bicyclic) bond motifs is 1. The van der Waals surface area contributed by atoms with Gasteiger partial charge in [-0.25, -0.2) is 4.98 Å². The maximum Gasteiger partial charge on any atom is 0.254 e. The molecule has 152 valence electrons. The molecule has 0 radical (unpaired) electrons. The monoisotopic (exact) mass is 401 g/mol. The molecule has 2 heterocycles. The van der Waals surface area contributed by atoms with E-state index in [2.05, 4.69) is 10.3 Å². The minimum absolute atomic E-state index is 0.107. The number of hydrogen-bond acceptors (Lipinski definition) is 4. The average molecular weight is 401 g/mol. The summed E-state index contributed by atoms with van der Waals surface area (Å²) < 4.78 is 5.26. The molecule has 3 aromatic rings. The molecule has 30 heavy (non-hydrogen) atoms. The highest BCUT2D eigenvalue weighted by atomic mass is 16.5. The first kappa shape index (κ1) is 19.6. The molecule has 0 aliphatic carbocycles. The number of nitrogens with zero attached hydrogens (tertiary/aromatic N) is 2. The molecule has 1 N–H and O–H groups in total. The molecule has 2 aromatic carbocycles. The maximum absolute atomic E-state index is 13.5. The Bertz CT molecular complexity index is 1090. The average Bonchev–Trinajstić information content (AvgIpc) is 2.76. The van der Waals surface area contributed by atoms with Crippen LogP contribution in [-0.4, -0.2) is 35.9 Å². The van der Waals surface area contributed by atoms with Crippen molar-refractivity contribution in [2.45, 2.75) is 18.9 Å². The minimum Gasteiger partial charge on any atom is -0.497 e. The Hall–Kier alpha value is -3.67. The summed E-state index contributed by atoms with van der Waals surface area (Å²) in [4.78, 5) is 32.6. The third-order valence-corrected chi connectivity index (χ3v) is 5.46. The first-order valence-electron chi connectivity index (χ1n) is 9.74. The number of benzene rings is 2. The summed E-state index contributed by atoms with van der Waals surface area (Å²) in [5, 5.41) is 2.94. The Morgan fingerprint density at radius 2 is 1.77 bits per heavy atom. The van der Waals surface area contributed by atoms with Crippen molar-refractivity contribution in [2.75, 3.05) is 19.5 Å². The third kappa shape index (κ3) is 3.52. The maximum atomic E-state index is 13.5. The highest BCUT2D eigenvalue weighted by molar-refractivity contribution is 6.04. The van der Waals surface area contributed by atoms with E-state index in [4.69, 9.17) is 4.74 Å². The predicted octanol–water partition coefficient (Wildman–Crippen LogP) is 3.95. The van der Waals surface area contributed by atoms with E-state index in [0.717, 1.165) is 11.3 Å². The molecule has 6 nitrogen and oxygen atoms in total. The molecular formula is C24H23N3O3. The molecule has 2 atom stereocenters. The second kappa shape index (κ2) is 7.99. The summed E-state index contributed by atoms with van der Waals surface area (Å²) >= 11 is 0. The molecule has 2 amide bonds. The number of carbonyl (C=O) groups is 2. The molecular weight excluding hydrogens is 378 g/mol. The van der Waals surface area contributed by atoms with E-state index < -0.39 is 12.0 Å². The Kier molecular flexibility index (Phi) is 5.23. The van der Waals surface area contributed by atoms with E-state index in [1.54, 1.807) is 31.2 Å². The molecule has 0 unspecified atom stereocenters. The van der Waals surface area contributed by atoms with Crippen LogP contribution >= 0.6 is 0 Å². The van der Waals surface area contributed by atoms with Gasteiger partial charge in [0.15, 0.2) is 0 Å². The lowest BCUT2D eigenvalue weighted by Gasteiger charge is -2.39. The van der Waals surface area contributed by atoms with Crippen molar-refractivity contribution in [3.05, 3.63) is 89.1 Å². The molecule has 0 saturated carbocycles. The van der Waals surface area contributed by atoms with Crippen molar-refractivity contribution in [3.8, 4) is 5.75 Å². The van der Waals surface area contributed by atoms with Gasteiger partial charge in [0.05, 0.1) is 19.1 Å². The Morgan fingerprint density at radius 3 is 2.47 bits per heavy atom. The van der Waals surface area contributed by atoms with Gasteiger partial charge in [-0.15, -0.1) is 0 Å². The summed E-state index contributed by atoms with van der Waals surface area (Å²) in [5.41, 5.74) is 2.93. The van der Waals surface area contributed by atoms with Gasteiger partial charge in [-0.1, -0.05) is 36.4 Å². The number of aryl methyl sites for hydroxylation is 1. The number of rotatable bonds is 4. The molecule has 0 spiro atoms. The summed E-state index contributed by atoms with van der Waals surface area (Å²) in [6.45, 7) is 1.87. The molecule has 1 aliphatic heterocycles. The highest BCUT2D eigenvalue weighted by Crippen LogP contribution is 2.42. The molecule has 1 aliphatic rings. The van der Waals surface area contributed by atoms with E-state index in [9.17, 15) is 9.59 Å². The number of ether oxygens (including phenoxy) is 1. The van der Waals surface area contributed by atoms with Crippen molar-refractivity contribution >= 4 is 17.6 Å². The fraction of sp³-hybridized carbons (Fsp3) is 0.208. The Morgan fingerprint density at radius 1 is 1.03 bits per heavy atom. The van der Waals surface area contributed by atoms with Crippen LogP contribution in [0.5, 0.6) is 5.75 Å². The molecule has 4 rings (SSSR count). The van der Waals surface area contributed by atoms with E-state index in [0.29, 0.717) is 22.7 Å². The fourth-order valence-corrected chi connectivity index (χ4v) is 3.99. The summed E-state index contributed by atoms with van der Waals surface area (Å²) in [6, 6.07) is 19.8. The summed E-state index contributed by atoms with van der Waals surface area (Å²) in [6.07, 6.45) is 0. The number of pyridine rings is 1. The standard InChI is InChI=1S/C24H23N3O3/c1-15-7-6-10-20(25-15)26-23(28)21-18-8-4-5-9-19(18)24(29)27(2)22(21)16-11-13-17(30-3)14-12-16/h4-14,21-22H,1-3H3,(H,25,26,28)/t21-,22-/m1/s1. The van der Waals surface area contributed by atoms with Crippen LogP contribution in [0.1, 0.15) is 39.1 Å². The Labute approximate surface area is 175 Å². The first-order chi connectivity index (χ1) is 14.5. The SMILES string of the molecule is COc1ccc([C@@H]2[C@H](C(=O)Nc3cccc(C)n3)c3ccccc3C(=O)N2C)cc1. The zero-order valence-electron chi connectivity index (χ0n) is 17.1. The molecule has 0 saturated heterocycles. The van der Waals surface area contributed by atoms with Gasteiger partial charge in [-0.3, -0.25) is 9.59 Å². The van der Waals surface area contributed by atoms with Crippen molar-refractivity contribution in [1.29, 1.82) is 0 Å². The first-order valence-corrected chi connectivity index (χ1v) is 9.74. The quantitative estimate of drug-likeness (QED) is 0.719. The van der Waals surface area contributed by atoms with Gasteiger partial charge >= 0.3 is 0 Å². The van der Waals surface area contributed by atoms with Crippen LogP contribution in [-0.2, 0) is 4.79 Å². The number of carbonyl (C=O) groups excluding carboxylic acids is 2. The highest BCUT2D eigenvalue weighted by Gasteiger charge is 2.42. The van der Waals surface area contributed by atoms with Crippen LogP contribution in [0.15, 0.2) is 66.7 Å². The fourth-order valence-electron chi connectivity index (χ4n) is 3.99. The van der Waals surface area contributed by atoms with Gasteiger partial charge in [-0.05, 0) is 48.4 Å². The van der Waals surface area contributed by atoms with Crippen LogP contribution < -0.4 is 10.1 Å². The third-order valence-electron chi connectivity index (χ3n) is 5.46. The van der Waals surface area contributed by atoms with Crippen LogP contribution in [0.2, 0.25) is 0 Å². The second-order valence-corrected chi connectivity index (χ2v) is 7.35. The number of likely N-dealkylation sites (N-methyl/N-ethyl adjacent to an activating group) is 1. The van der Waals surface area contributed by atoms with Gasteiger partial charge in [0.2, 0.25) is 5.91 Å². The number of nitrogens with one attached hydrogen (secondary N) is 1. The van der Waals surface area contributed by atoms with E-state index in [-0.39, 0.29) is 11.8 Å². The van der Waals surface area contributed by atoms with Gasteiger partial charge in [0.25, 0.3) is 5.91 Å². The number of methoxy groups -OCH3 is 1. The van der Waals surface area contributed by atoms with E-state index >= 15 is 0 Å². The number of hydrogen-bond donors (Lipinski definition) is 1. The minimum atomic E-state index is -0.584. The Balaban J connectivity index is 1.79. The predicted molar refractivity (Wildman–Crippen MR) is 115 cm³/mol. The van der Waals surface area contributed by atoms with Crippen LogP contribution in [0.3, 0.4) is 0 Å². The number of amides is 2.